The van der Waals surface area contributed by atoms with Crippen LogP contribution in [0.4, 0.5) is 5.69 Å². The van der Waals surface area contributed by atoms with E-state index in [-0.39, 0.29) is 18.0 Å². The van der Waals surface area contributed by atoms with Crippen LogP contribution < -0.4 is 30.4 Å². The SMILES string of the molecule is CCOc1ccc(OCC)c(NC(=O)C2CC(c3cccc(OC)c3)NN2)c1. The lowest BCUT2D eigenvalue weighted by molar-refractivity contribution is -0.117. The van der Waals surface area contributed by atoms with Gasteiger partial charge in [-0.15, -0.1) is 0 Å². The number of benzene rings is 2. The zero-order valence-corrected chi connectivity index (χ0v) is 16.5. The van der Waals surface area contributed by atoms with Gasteiger partial charge in [0, 0.05) is 12.1 Å². The van der Waals surface area contributed by atoms with E-state index in [1.165, 1.54) is 0 Å². The number of anilines is 1. The van der Waals surface area contributed by atoms with E-state index in [0.29, 0.717) is 36.8 Å². The highest BCUT2D eigenvalue weighted by Gasteiger charge is 2.30. The van der Waals surface area contributed by atoms with Crippen molar-refractivity contribution in [3.8, 4) is 17.2 Å². The average molecular weight is 385 g/mol. The molecular weight excluding hydrogens is 358 g/mol. The smallest absolute Gasteiger partial charge is 0.243 e. The van der Waals surface area contributed by atoms with Gasteiger partial charge in [0.1, 0.15) is 23.3 Å². The number of rotatable bonds is 8. The number of nitrogens with one attached hydrogen (secondary N) is 3. The molecular formula is C21H27N3O4. The van der Waals surface area contributed by atoms with Crippen molar-refractivity contribution in [2.75, 3.05) is 25.6 Å². The van der Waals surface area contributed by atoms with Crippen LogP contribution in [0.3, 0.4) is 0 Å². The van der Waals surface area contributed by atoms with Crippen LogP contribution in [0, 0.1) is 0 Å². The molecule has 1 fully saturated rings. The number of ether oxygens (including phenoxy) is 3. The summed E-state index contributed by atoms with van der Waals surface area (Å²) < 4.78 is 16.4. The molecule has 0 saturated carbocycles. The molecule has 3 rings (SSSR count). The molecule has 2 unspecified atom stereocenters. The fourth-order valence-corrected chi connectivity index (χ4v) is 3.17. The Labute approximate surface area is 165 Å². The zero-order valence-electron chi connectivity index (χ0n) is 16.5. The van der Waals surface area contributed by atoms with Crippen molar-refractivity contribution in [2.24, 2.45) is 0 Å². The number of hydrazine groups is 1. The summed E-state index contributed by atoms with van der Waals surface area (Å²) in [6.45, 7) is 4.89. The Bertz CT molecular complexity index is 812. The van der Waals surface area contributed by atoms with Gasteiger partial charge in [-0.1, -0.05) is 12.1 Å². The van der Waals surface area contributed by atoms with Crippen LogP contribution in [0.25, 0.3) is 0 Å². The van der Waals surface area contributed by atoms with Gasteiger partial charge in [-0.05, 0) is 50.1 Å². The van der Waals surface area contributed by atoms with Crippen molar-refractivity contribution in [3.63, 3.8) is 0 Å². The number of hydrogen-bond donors (Lipinski definition) is 3. The third kappa shape index (κ3) is 4.74. The minimum absolute atomic E-state index is 0.0203. The maximum absolute atomic E-state index is 12.8. The molecule has 28 heavy (non-hydrogen) atoms. The molecule has 0 bridgehead atoms. The van der Waals surface area contributed by atoms with Crippen LogP contribution in [0.2, 0.25) is 0 Å². The van der Waals surface area contributed by atoms with E-state index in [0.717, 1.165) is 11.3 Å². The predicted octanol–water partition coefficient (Wildman–Crippen LogP) is 3.04. The Balaban J connectivity index is 1.69. The molecule has 1 aliphatic rings. The zero-order chi connectivity index (χ0) is 19.9. The van der Waals surface area contributed by atoms with Gasteiger partial charge in [0.25, 0.3) is 0 Å². The number of carbonyl (C=O) groups is 1. The second-order valence-corrected chi connectivity index (χ2v) is 6.42. The number of methoxy groups -OCH3 is 1. The first-order valence-electron chi connectivity index (χ1n) is 9.50. The van der Waals surface area contributed by atoms with Crippen molar-refractivity contribution in [1.82, 2.24) is 10.9 Å². The van der Waals surface area contributed by atoms with E-state index in [1.807, 2.05) is 50.2 Å². The Morgan fingerprint density at radius 2 is 1.89 bits per heavy atom. The highest BCUT2D eigenvalue weighted by atomic mass is 16.5. The highest BCUT2D eigenvalue weighted by Crippen LogP contribution is 2.31. The number of hydrogen-bond acceptors (Lipinski definition) is 6. The van der Waals surface area contributed by atoms with Crippen LogP contribution in [0.15, 0.2) is 42.5 Å². The minimum Gasteiger partial charge on any atom is -0.497 e. The Morgan fingerprint density at radius 3 is 2.64 bits per heavy atom. The topological polar surface area (TPSA) is 80.9 Å². The van der Waals surface area contributed by atoms with E-state index >= 15 is 0 Å². The van der Waals surface area contributed by atoms with Crippen LogP contribution >= 0.6 is 0 Å². The molecule has 7 nitrogen and oxygen atoms in total. The van der Waals surface area contributed by atoms with Gasteiger partial charge in [0.15, 0.2) is 0 Å². The Morgan fingerprint density at radius 1 is 1.07 bits per heavy atom. The fraction of sp³-hybridized carbons (Fsp3) is 0.381. The molecule has 1 aliphatic heterocycles. The van der Waals surface area contributed by atoms with Crippen LogP contribution in [-0.2, 0) is 4.79 Å². The van der Waals surface area contributed by atoms with E-state index < -0.39 is 0 Å². The molecule has 2 aromatic rings. The summed E-state index contributed by atoms with van der Waals surface area (Å²) in [5.41, 5.74) is 7.94. The molecule has 0 aliphatic carbocycles. The third-order valence-corrected chi connectivity index (χ3v) is 4.54. The summed E-state index contributed by atoms with van der Waals surface area (Å²) in [5.74, 6) is 1.97. The van der Waals surface area contributed by atoms with Crippen molar-refractivity contribution in [3.05, 3.63) is 48.0 Å². The predicted molar refractivity (Wildman–Crippen MR) is 108 cm³/mol. The van der Waals surface area contributed by atoms with Gasteiger partial charge in [0.2, 0.25) is 5.91 Å². The van der Waals surface area contributed by atoms with Crippen LogP contribution in [-0.4, -0.2) is 32.3 Å². The van der Waals surface area contributed by atoms with Crippen molar-refractivity contribution >= 4 is 11.6 Å². The molecule has 0 radical (unpaired) electrons. The lowest BCUT2D eigenvalue weighted by Crippen LogP contribution is -2.39. The van der Waals surface area contributed by atoms with E-state index in [1.54, 1.807) is 13.2 Å². The van der Waals surface area contributed by atoms with E-state index in [9.17, 15) is 4.79 Å². The number of amides is 1. The molecule has 2 atom stereocenters. The van der Waals surface area contributed by atoms with E-state index in [4.69, 9.17) is 14.2 Å². The lowest BCUT2D eigenvalue weighted by atomic mass is 10.0. The summed E-state index contributed by atoms with van der Waals surface area (Å²) >= 11 is 0. The largest absolute Gasteiger partial charge is 0.497 e. The standard InChI is InChI=1S/C21H27N3O4/c1-4-27-16-9-10-20(28-5-2)18(12-16)22-21(25)19-13-17(23-24-19)14-7-6-8-15(11-14)26-3/h6-12,17,19,23-24H,4-5,13H2,1-3H3,(H,22,25). The summed E-state index contributed by atoms with van der Waals surface area (Å²) in [6.07, 6.45) is 0.619. The highest BCUT2D eigenvalue weighted by molar-refractivity contribution is 5.96. The molecule has 3 N–H and O–H groups in total. The van der Waals surface area contributed by atoms with Crippen molar-refractivity contribution in [2.45, 2.75) is 32.4 Å². The lowest BCUT2D eigenvalue weighted by Gasteiger charge is -2.15. The number of carbonyl (C=O) groups excluding carboxylic acids is 1. The first kappa shape index (κ1) is 20.0. The van der Waals surface area contributed by atoms with Gasteiger partial charge in [-0.2, -0.15) is 0 Å². The molecule has 150 valence electrons. The summed E-state index contributed by atoms with van der Waals surface area (Å²) in [5, 5.41) is 2.96. The minimum atomic E-state index is -0.374. The first-order valence-corrected chi connectivity index (χ1v) is 9.50. The second kappa shape index (κ2) is 9.43. The molecule has 1 amide bonds. The fourth-order valence-electron chi connectivity index (χ4n) is 3.17. The van der Waals surface area contributed by atoms with Gasteiger partial charge in [-0.3, -0.25) is 4.79 Å². The summed E-state index contributed by atoms with van der Waals surface area (Å²) in [4.78, 5) is 12.8. The third-order valence-electron chi connectivity index (χ3n) is 4.54. The van der Waals surface area contributed by atoms with E-state index in [2.05, 4.69) is 16.2 Å². The molecule has 0 aromatic heterocycles. The van der Waals surface area contributed by atoms with Crippen LogP contribution in [0.1, 0.15) is 31.9 Å². The van der Waals surface area contributed by atoms with Gasteiger partial charge in [-0.25, -0.2) is 10.9 Å². The maximum atomic E-state index is 12.8. The Hall–Kier alpha value is -2.77. The monoisotopic (exact) mass is 385 g/mol. The molecule has 1 saturated heterocycles. The summed E-state index contributed by atoms with van der Waals surface area (Å²) in [7, 11) is 1.64. The molecule has 2 aromatic carbocycles. The summed E-state index contributed by atoms with van der Waals surface area (Å²) in [6, 6.07) is 12.9. The van der Waals surface area contributed by atoms with Crippen molar-refractivity contribution in [1.29, 1.82) is 0 Å². The molecule has 0 spiro atoms. The molecule has 1 heterocycles. The normalized spacial score (nSPS) is 18.5. The van der Waals surface area contributed by atoms with Gasteiger partial charge >= 0.3 is 0 Å². The van der Waals surface area contributed by atoms with Crippen LogP contribution in [0.5, 0.6) is 17.2 Å². The first-order chi connectivity index (χ1) is 13.6. The second-order valence-electron chi connectivity index (χ2n) is 6.42. The van der Waals surface area contributed by atoms with Gasteiger partial charge in [0.05, 0.1) is 26.0 Å². The van der Waals surface area contributed by atoms with Crippen molar-refractivity contribution < 1.29 is 19.0 Å². The average Bonchev–Trinajstić information content (AvgIpc) is 3.21. The van der Waals surface area contributed by atoms with Gasteiger partial charge < -0.3 is 19.5 Å². The maximum Gasteiger partial charge on any atom is 0.243 e. The molecule has 7 heteroatoms. The Kier molecular flexibility index (Phi) is 6.73. The quantitative estimate of drug-likeness (QED) is 0.648.